The van der Waals surface area contributed by atoms with Crippen molar-refractivity contribution in [1.29, 1.82) is 0 Å². The Hall–Kier alpha value is 0.177. The molecule has 0 rings (SSSR count). The van der Waals surface area contributed by atoms with Gasteiger partial charge in [0.2, 0.25) is 0 Å². The quantitative estimate of drug-likeness (QED) is 0.567. The lowest BCUT2D eigenvalue weighted by Gasteiger charge is -2.27. The first-order valence-corrected chi connectivity index (χ1v) is 4.93. The van der Waals surface area contributed by atoms with Crippen molar-refractivity contribution in [1.82, 2.24) is 5.32 Å². The minimum Gasteiger partial charge on any atom is -0.315 e. The van der Waals surface area contributed by atoms with Crippen LogP contribution in [-0.2, 0) is 0 Å². The Labute approximate surface area is 61.6 Å². The van der Waals surface area contributed by atoms with Crippen LogP contribution < -0.4 is 5.32 Å². The van der Waals surface area contributed by atoms with E-state index in [0.29, 0.717) is 5.16 Å². The third-order valence-corrected chi connectivity index (χ3v) is 3.93. The fourth-order valence-corrected chi connectivity index (χ4v) is 1.28. The van der Waals surface area contributed by atoms with Gasteiger partial charge in [0.25, 0.3) is 0 Å². The fourth-order valence-electron chi connectivity index (χ4n) is 0.927. The summed E-state index contributed by atoms with van der Waals surface area (Å²) >= 11 is 0. The Balaban J connectivity index is 3.62. The van der Waals surface area contributed by atoms with Crippen molar-refractivity contribution in [2.75, 3.05) is 6.54 Å². The first kappa shape index (κ1) is 9.18. The van der Waals surface area contributed by atoms with E-state index in [1.165, 1.54) is 23.1 Å². The first-order chi connectivity index (χ1) is 4.18. The van der Waals surface area contributed by atoms with Crippen molar-refractivity contribution < 1.29 is 0 Å². The minimum atomic E-state index is 0.523. The summed E-state index contributed by atoms with van der Waals surface area (Å²) < 4.78 is 0. The maximum absolute atomic E-state index is 3.52. The van der Waals surface area contributed by atoms with Crippen LogP contribution in [0.15, 0.2) is 0 Å². The van der Waals surface area contributed by atoms with Gasteiger partial charge < -0.3 is 5.32 Å². The Bertz CT molecular complexity index is 69.3. The fraction of sp³-hybridized carbons (Fsp3) is 1.00. The van der Waals surface area contributed by atoms with E-state index < -0.39 is 0 Å². The van der Waals surface area contributed by atoms with Crippen LogP contribution in [0.4, 0.5) is 0 Å². The number of hydrogen-bond acceptors (Lipinski definition) is 1. The minimum absolute atomic E-state index is 0.523. The molecule has 0 heterocycles. The van der Waals surface area contributed by atoms with Gasteiger partial charge in [0.1, 0.15) is 0 Å². The number of rotatable bonds is 4. The maximum Gasteiger partial charge on any atom is 0.0280 e. The average molecular weight is 145 g/mol. The summed E-state index contributed by atoms with van der Waals surface area (Å²) in [7, 11) is 1.27. The van der Waals surface area contributed by atoms with E-state index in [1.807, 2.05) is 0 Å². The molecule has 2 heteroatoms. The van der Waals surface area contributed by atoms with Crippen LogP contribution in [0.2, 0.25) is 0 Å². The van der Waals surface area contributed by atoms with Crippen LogP contribution in [0, 0.1) is 0 Å². The molecule has 0 aromatic rings. The lowest BCUT2D eigenvalue weighted by atomic mass is 10.1. The van der Waals surface area contributed by atoms with Gasteiger partial charge in [-0.15, -0.1) is 0 Å². The van der Waals surface area contributed by atoms with Gasteiger partial charge in [-0.3, -0.25) is 0 Å². The second-order valence-electron chi connectivity index (χ2n) is 2.80. The van der Waals surface area contributed by atoms with Crippen LogP contribution in [0.3, 0.4) is 0 Å². The number of nitrogens with one attached hydrogen (secondary N) is 1. The highest BCUT2D eigenvalue weighted by atomic mass is 28.1. The van der Waals surface area contributed by atoms with Gasteiger partial charge in [-0.1, -0.05) is 20.8 Å². The third-order valence-electron chi connectivity index (χ3n) is 2.16. The van der Waals surface area contributed by atoms with E-state index in [1.54, 1.807) is 0 Å². The molecule has 1 nitrogen and oxygen atoms in total. The average Bonchev–Trinajstić information content (AvgIpc) is 1.89. The molecule has 0 bridgehead atoms. The van der Waals surface area contributed by atoms with E-state index in [9.17, 15) is 0 Å². The van der Waals surface area contributed by atoms with Gasteiger partial charge in [-0.25, -0.2) is 0 Å². The molecule has 0 aliphatic heterocycles. The van der Waals surface area contributed by atoms with Crippen LogP contribution in [0.5, 0.6) is 0 Å². The Morgan fingerprint density at radius 1 is 1.22 bits per heavy atom. The standard InChI is InChI=1S/C7H19NSi/c1-4-7(9,5-2)8-6-3/h8H,4-6H2,1-3,9H3. The van der Waals surface area contributed by atoms with Crippen molar-refractivity contribution in [3.05, 3.63) is 0 Å². The van der Waals surface area contributed by atoms with E-state index in [0.717, 1.165) is 6.54 Å². The molecule has 9 heavy (non-hydrogen) atoms. The Kier molecular flexibility index (Phi) is 4.15. The predicted molar refractivity (Wildman–Crippen MR) is 46.9 cm³/mol. The van der Waals surface area contributed by atoms with E-state index in [-0.39, 0.29) is 0 Å². The molecule has 1 N–H and O–H groups in total. The molecule has 0 atom stereocenters. The topological polar surface area (TPSA) is 12.0 Å². The van der Waals surface area contributed by atoms with Gasteiger partial charge in [-0.2, -0.15) is 0 Å². The molecule has 0 aliphatic carbocycles. The summed E-state index contributed by atoms with van der Waals surface area (Å²) in [5.41, 5.74) is 0. The van der Waals surface area contributed by atoms with Gasteiger partial charge in [0, 0.05) is 15.4 Å². The molecular formula is C7H19NSi. The SMILES string of the molecule is CCNC([SiH3])(CC)CC. The first-order valence-electron chi connectivity index (χ1n) is 3.93. The predicted octanol–water partition coefficient (Wildman–Crippen LogP) is 0.478. The molecule has 0 aliphatic rings. The van der Waals surface area contributed by atoms with E-state index in [4.69, 9.17) is 0 Å². The molecule has 0 unspecified atom stereocenters. The van der Waals surface area contributed by atoms with Gasteiger partial charge in [0.05, 0.1) is 0 Å². The number of hydrogen-bond donors (Lipinski definition) is 1. The van der Waals surface area contributed by atoms with E-state index >= 15 is 0 Å². The molecule has 0 fully saturated rings. The van der Waals surface area contributed by atoms with E-state index in [2.05, 4.69) is 26.1 Å². The third kappa shape index (κ3) is 3.01. The molecule has 0 radical (unpaired) electrons. The zero-order valence-electron chi connectivity index (χ0n) is 7.12. The monoisotopic (exact) mass is 145 g/mol. The smallest absolute Gasteiger partial charge is 0.0280 e. The van der Waals surface area contributed by atoms with Crippen molar-refractivity contribution in [2.24, 2.45) is 0 Å². The van der Waals surface area contributed by atoms with Gasteiger partial charge in [0.15, 0.2) is 0 Å². The van der Waals surface area contributed by atoms with Gasteiger partial charge >= 0.3 is 0 Å². The van der Waals surface area contributed by atoms with Crippen molar-refractivity contribution in [3.63, 3.8) is 0 Å². The van der Waals surface area contributed by atoms with Crippen LogP contribution in [-0.4, -0.2) is 21.9 Å². The molecule has 0 saturated carbocycles. The Morgan fingerprint density at radius 2 is 1.67 bits per heavy atom. The largest absolute Gasteiger partial charge is 0.315 e. The highest BCUT2D eigenvalue weighted by Gasteiger charge is 2.16. The van der Waals surface area contributed by atoms with Crippen molar-refractivity contribution in [2.45, 2.75) is 38.8 Å². The highest BCUT2D eigenvalue weighted by molar-refractivity contribution is 6.15. The van der Waals surface area contributed by atoms with Crippen molar-refractivity contribution >= 4 is 10.2 Å². The normalized spacial score (nSPS) is 12.3. The summed E-state index contributed by atoms with van der Waals surface area (Å²) in [5, 5.41) is 4.04. The Morgan fingerprint density at radius 3 is 1.78 bits per heavy atom. The zero-order valence-corrected chi connectivity index (χ0v) is 9.12. The molecular weight excluding hydrogens is 126 g/mol. The summed E-state index contributed by atoms with van der Waals surface area (Å²) in [5.74, 6) is 0. The van der Waals surface area contributed by atoms with Crippen LogP contribution in [0.25, 0.3) is 0 Å². The second-order valence-corrected chi connectivity index (χ2v) is 4.71. The zero-order chi connectivity index (χ0) is 7.33. The maximum atomic E-state index is 3.52. The lowest BCUT2D eigenvalue weighted by molar-refractivity contribution is 0.439. The summed E-state index contributed by atoms with van der Waals surface area (Å²) in [6.45, 7) is 7.82. The molecule has 0 amide bonds. The lowest BCUT2D eigenvalue weighted by Crippen LogP contribution is -2.44. The van der Waals surface area contributed by atoms with Crippen LogP contribution >= 0.6 is 0 Å². The highest BCUT2D eigenvalue weighted by Crippen LogP contribution is 2.08. The summed E-state index contributed by atoms with van der Waals surface area (Å²) in [6.07, 6.45) is 2.56. The molecule has 0 aromatic heterocycles. The molecule has 0 spiro atoms. The van der Waals surface area contributed by atoms with Gasteiger partial charge in [-0.05, 0) is 19.4 Å². The molecule has 0 aromatic carbocycles. The summed E-state index contributed by atoms with van der Waals surface area (Å²) in [4.78, 5) is 0. The second kappa shape index (κ2) is 4.07. The van der Waals surface area contributed by atoms with Crippen LogP contribution in [0.1, 0.15) is 33.6 Å². The van der Waals surface area contributed by atoms with Crippen molar-refractivity contribution in [3.8, 4) is 0 Å². The summed E-state index contributed by atoms with van der Waals surface area (Å²) in [6, 6.07) is 0. The molecule has 56 valence electrons. The molecule has 0 saturated heterocycles.